The Bertz CT molecular complexity index is 986. The molecule has 0 aliphatic heterocycles. The maximum atomic E-state index is 13.4. The van der Waals surface area contributed by atoms with Gasteiger partial charge in [-0.3, -0.25) is 4.79 Å². The van der Waals surface area contributed by atoms with E-state index in [4.69, 9.17) is 0 Å². The van der Waals surface area contributed by atoms with E-state index in [0.717, 1.165) is 42.8 Å². The lowest BCUT2D eigenvalue weighted by atomic mass is 9.88. The number of amides is 1. The average Bonchev–Trinajstić information content (AvgIpc) is 3.10. The average molecular weight is 377 g/mol. The molecule has 4 rings (SSSR count). The summed E-state index contributed by atoms with van der Waals surface area (Å²) in [5, 5.41) is 4.61. The van der Waals surface area contributed by atoms with Gasteiger partial charge in [0.25, 0.3) is 5.78 Å². The van der Waals surface area contributed by atoms with E-state index >= 15 is 0 Å². The second-order valence-corrected chi connectivity index (χ2v) is 7.87. The van der Waals surface area contributed by atoms with Crippen molar-refractivity contribution in [3.8, 4) is 0 Å². The van der Waals surface area contributed by atoms with Crippen LogP contribution in [0, 0.1) is 26.7 Å². The van der Waals surface area contributed by atoms with Crippen LogP contribution in [0.15, 0.2) is 30.3 Å². The Morgan fingerprint density at radius 2 is 1.79 bits per heavy atom. The van der Waals surface area contributed by atoms with Gasteiger partial charge in [0.2, 0.25) is 5.91 Å². The molecule has 0 radical (unpaired) electrons. The number of anilines is 1. The van der Waals surface area contributed by atoms with Gasteiger partial charge in [-0.1, -0.05) is 37.0 Å². The zero-order valence-corrected chi connectivity index (χ0v) is 16.9. The van der Waals surface area contributed by atoms with E-state index in [9.17, 15) is 4.79 Å². The minimum Gasteiger partial charge on any atom is -0.304 e. The summed E-state index contributed by atoms with van der Waals surface area (Å²) in [6, 6.07) is 10.1. The largest absolute Gasteiger partial charge is 0.304 e. The summed E-state index contributed by atoms with van der Waals surface area (Å²) in [4.78, 5) is 24.3. The monoisotopic (exact) mass is 377 g/mol. The summed E-state index contributed by atoms with van der Waals surface area (Å²) >= 11 is 0. The van der Waals surface area contributed by atoms with Crippen LogP contribution in [0.1, 0.15) is 54.9 Å². The Morgan fingerprint density at radius 3 is 2.50 bits per heavy atom. The number of rotatable bonds is 4. The van der Waals surface area contributed by atoms with Crippen LogP contribution in [0.2, 0.25) is 0 Å². The molecular formula is C22H27N5O. The number of carbonyl (C=O) groups is 1. The van der Waals surface area contributed by atoms with Crippen LogP contribution in [0.5, 0.6) is 0 Å². The van der Waals surface area contributed by atoms with Crippen LogP contribution in [-0.2, 0) is 11.3 Å². The first kappa shape index (κ1) is 18.6. The zero-order chi connectivity index (χ0) is 19.7. The first-order chi connectivity index (χ1) is 13.5. The molecule has 2 aromatic heterocycles. The van der Waals surface area contributed by atoms with Crippen LogP contribution in [0.25, 0.3) is 5.78 Å². The van der Waals surface area contributed by atoms with Crippen molar-refractivity contribution in [2.24, 2.45) is 5.92 Å². The summed E-state index contributed by atoms with van der Waals surface area (Å²) in [7, 11) is 0. The predicted octanol–water partition coefficient (Wildman–Crippen LogP) is 4.16. The second kappa shape index (κ2) is 7.70. The first-order valence-electron chi connectivity index (χ1n) is 10.1. The number of hydrogen-bond acceptors (Lipinski definition) is 4. The van der Waals surface area contributed by atoms with Crippen molar-refractivity contribution in [2.75, 3.05) is 4.90 Å². The standard InChI is InChI=1S/C22H27N5O/c1-15-9-11-19(12-10-15)26(21(28)18-7-5-4-6-8-18)14-20-24-22-23-16(2)13-17(3)27(22)25-20/h9-13,18H,4-8,14H2,1-3H3. The molecule has 3 aromatic rings. The number of aromatic nitrogens is 4. The van der Waals surface area contributed by atoms with E-state index in [1.165, 1.54) is 12.0 Å². The molecule has 6 heteroatoms. The molecule has 1 aliphatic rings. The number of carbonyl (C=O) groups excluding carboxylic acids is 1. The highest BCUT2D eigenvalue weighted by atomic mass is 16.2. The zero-order valence-electron chi connectivity index (χ0n) is 16.9. The summed E-state index contributed by atoms with van der Waals surface area (Å²) in [6.07, 6.45) is 5.44. The molecule has 0 spiro atoms. The Kier molecular flexibility index (Phi) is 5.11. The van der Waals surface area contributed by atoms with Crippen molar-refractivity contribution in [1.82, 2.24) is 19.6 Å². The number of aryl methyl sites for hydroxylation is 3. The van der Waals surface area contributed by atoms with Crippen molar-refractivity contribution in [2.45, 2.75) is 59.4 Å². The molecule has 146 valence electrons. The Labute approximate surface area is 165 Å². The quantitative estimate of drug-likeness (QED) is 0.685. The maximum absolute atomic E-state index is 13.4. The minimum absolute atomic E-state index is 0.0918. The highest BCUT2D eigenvalue weighted by Crippen LogP contribution is 2.28. The Morgan fingerprint density at radius 1 is 1.07 bits per heavy atom. The van der Waals surface area contributed by atoms with Crippen molar-refractivity contribution in [1.29, 1.82) is 0 Å². The van der Waals surface area contributed by atoms with Crippen LogP contribution in [-0.4, -0.2) is 25.5 Å². The van der Waals surface area contributed by atoms with Crippen molar-refractivity contribution >= 4 is 17.4 Å². The van der Waals surface area contributed by atoms with Crippen molar-refractivity contribution < 1.29 is 4.79 Å². The van der Waals surface area contributed by atoms with E-state index in [1.807, 2.05) is 49.1 Å². The van der Waals surface area contributed by atoms with Crippen LogP contribution < -0.4 is 4.90 Å². The molecule has 1 fully saturated rings. The lowest BCUT2D eigenvalue weighted by Crippen LogP contribution is -2.37. The molecule has 0 saturated heterocycles. The molecule has 0 atom stereocenters. The molecule has 1 aromatic carbocycles. The lowest BCUT2D eigenvalue weighted by molar-refractivity contribution is -0.123. The Balaban J connectivity index is 1.67. The van der Waals surface area contributed by atoms with Gasteiger partial charge >= 0.3 is 0 Å². The van der Waals surface area contributed by atoms with Gasteiger partial charge in [0.15, 0.2) is 5.82 Å². The fourth-order valence-corrected chi connectivity index (χ4v) is 4.01. The smallest absolute Gasteiger partial charge is 0.252 e. The van der Waals surface area contributed by atoms with E-state index in [0.29, 0.717) is 18.1 Å². The van der Waals surface area contributed by atoms with Gasteiger partial charge in [-0.05, 0) is 51.8 Å². The molecule has 28 heavy (non-hydrogen) atoms. The molecule has 1 saturated carbocycles. The van der Waals surface area contributed by atoms with E-state index in [2.05, 4.69) is 22.0 Å². The van der Waals surface area contributed by atoms with Gasteiger partial charge in [-0.15, -0.1) is 5.10 Å². The predicted molar refractivity (Wildman–Crippen MR) is 109 cm³/mol. The van der Waals surface area contributed by atoms with Gasteiger partial charge in [0.1, 0.15) is 0 Å². The van der Waals surface area contributed by atoms with Gasteiger partial charge in [0, 0.05) is 23.0 Å². The number of fused-ring (bicyclic) bond motifs is 1. The summed E-state index contributed by atoms with van der Waals surface area (Å²) in [5.74, 6) is 1.48. The van der Waals surface area contributed by atoms with Crippen LogP contribution >= 0.6 is 0 Å². The highest BCUT2D eigenvalue weighted by Gasteiger charge is 2.28. The third-order valence-electron chi connectivity index (χ3n) is 5.53. The topological polar surface area (TPSA) is 63.4 Å². The molecular weight excluding hydrogens is 350 g/mol. The fraction of sp³-hybridized carbons (Fsp3) is 0.455. The molecule has 0 unspecified atom stereocenters. The van der Waals surface area contributed by atoms with E-state index in [-0.39, 0.29) is 11.8 Å². The molecule has 0 N–H and O–H groups in total. The summed E-state index contributed by atoms with van der Waals surface area (Å²) in [5.41, 5.74) is 3.98. The van der Waals surface area contributed by atoms with Crippen molar-refractivity contribution in [3.63, 3.8) is 0 Å². The fourth-order valence-electron chi connectivity index (χ4n) is 4.01. The Hall–Kier alpha value is -2.76. The van der Waals surface area contributed by atoms with Gasteiger partial charge in [-0.25, -0.2) is 9.50 Å². The maximum Gasteiger partial charge on any atom is 0.252 e. The van der Waals surface area contributed by atoms with Crippen LogP contribution in [0.4, 0.5) is 5.69 Å². The number of nitrogens with zero attached hydrogens (tertiary/aromatic N) is 5. The van der Waals surface area contributed by atoms with E-state index in [1.54, 1.807) is 4.52 Å². The number of hydrogen-bond donors (Lipinski definition) is 0. The molecule has 1 amide bonds. The van der Waals surface area contributed by atoms with Gasteiger partial charge in [0.05, 0.1) is 6.54 Å². The second-order valence-electron chi connectivity index (χ2n) is 7.87. The normalized spacial score (nSPS) is 15.1. The molecule has 0 bridgehead atoms. The highest BCUT2D eigenvalue weighted by molar-refractivity contribution is 5.94. The van der Waals surface area contributed by atoms with Crippen molar-refractivity contribution in [3.05, 3.63) is 53.1 Å². The lowest BCUT2D eigenvalue weighted by Gasteiger charge is -2.28. The molecule has 1 aliphatic carbocycles. The van der Waals surface area contributed by atoms with Crippen LogP contribution in [0.3, 0.4) is 0 Å². The third kappa shape index (κ3) is 3.77. The first-order valence-corrected chi connectivity index (χ1v) is 10.1. The third-order valence-corrected chi connectivity index (χ3v) is 5.53. The summed E-state index contributed by atoms with van der Waals surface area (Å²) < 4.78 is 1.75. The minimum atomic E-state index is 0.0918. The van der Waals surface area contributed by atoms with Gasteiger partial charge in [-0.2, -0.15) is 4.98 Å². The van der Waals surface area contributed by atoms with E-state index < -0.39 is 0 Å². The molecule has 2 heterocycles. The number of benzene rings is 1. The molecule has 6 nitrogen and oxygen atoms in total. The summed E-state index contributed by atoms with van der Waals surface area (Å²) in [6.45, 7) is 6.36. The van der Waals surface area contributed by atoms with Gasteiger partial charge < -0.3 is 4.90 Å². The SMILES string of the molecule is Cc1ccc(N(Cc2nc3nc(C)cc(C)n3n2)C(=O)C2CCCCC2)cc1.